The quantitative estimate of drug-likeness (QED) is 0.645. The van der Waals surface area contributed by atoms with Crippen molar-refractivity contribution in [3.8, 4) is 0 Å². The van der Waals surface area contributed by atoms with Crippen LogP contribution in [0.5, 0.6) is 0 Å². The van der Waals surface area contributed by atoms with Crippen molar-refractivity contribution in [2.24, 2.45) is 5.41 Å². The second-order valence-electron chi connectivity index (χ2n) is 4.35. The first-order valence-corrected chi connectivity index (χ1v) is 6.74. The normalized spacial score (nSPS) is 17.9. The van der Waals surface area contributed by atoms with Crippen LogP contribution in [0.4, 0.5) is 0 Å². The van der Waals surface area contributed by atoms with Crippen molar-refractivity contribution in [1.82, 2.24) is 0 Å². The van der Waals surface area contributed by atoms with E-state index in [0.29, 0.717) is 0 Å². The maximum atomic E-state index is 12.2. The molecule has 0 saturated heterocycles. The fourth-order valence-corrected chi connectivity index (χ4v) is 2.52. The number of aliphatic hydroxyl groups excluding tert-OH is 1. The minimum atomic E-state index is -0.471. The van der Waals surface area contributed by atoms with Gasteiger partial charge in [-0.25, -0.2) is 0 Å². The molecular formula is C13H16O2S. The zero-order valence-corrected chi connectivity index (χ0v) is 10.2. The predicted octanol–water partition coefficient (Wildman–Crippen LogP) is 2.75. The summed E-state index contributed by atoms with van der Waals surface area (Å²) in [6.07, 6.45) is 4.71. The van der Waals surface area contributed by atoms with Crippen LogP contribution in [-0.4, -0.2) is 23.8 Å². The molecule has 0 atom stereocenters. The third-order valence-electron chi connectivity index (χ3n) is 3.45. The number of hydrogen-bond donors (Lipinski definition) is 1. The van der Waals surface area contributed by atoms with Gasteiger partial charge in [0.15, 0.2) is 5.78 Å². The lowest BCUT2D eigenvalue weighted by Crippen LogP contribution is -2.41. The Kier molecular flexibility index (Phi) is 3.36. The lowest BCUT2D eigenvalue weighted by atomic mass is 9.65. The molecule has 0 amide bonds. The second kappa shape index (κ2) is 4.60. The highest BCUT2D eigenvalue weighted by atomic mass is 32.2. The van der Waals surface area contributed by atoms with Gasteiger partial charge in [-0.15, -0.1) is 11.8 Å². The fraction of sp³-hybridized carbons (Fsp3) is 0.462. The van der Waals surface area contributed by atoms with E-state index in [1.54, 1.807) is 11.8 Å². The topological polar surface area (TPSA) is 37.3 Å². The van der Waals surface area contributed by atoms with Crippen molar-refractivity contribution in [3.05, 3.63) is 29.8 Å². The molecule has 3 heteroatoms. The standard InChI is InChI=1S/C13H16O2S/c1-16-11-5-3-10(4-6-11)12(15)13(9-14)7-2-8-13/h3-6,14H,2,7-9H2,1H3. The molecule has 0 heterocycles. The number of aliphatic hydroxyl groups is 1. The lowest BCUT2D eigenvalue weighted by Gasteiger charge is -2.38. The van der Waals surface area contributed by atoms with Crippen LogP contribution in [0.25, 0.3) is 0 Å². The molecule has 1 aliphatic carbocycles. The Hall–Kier alpha value is -0.800. The van der Waals surface area contributed by atoms with E-state index in [9.17, 15) is 9.90 Å². The zero-order chi connectivity index (χ0) is 11.6. The number of thioether (sulfide) groups is 1. The Balaban J connectivity index is 2.20. The number of hydrogen-bond acceptors (Lipinski definition) is 3. The summed E-state index contributed by atoms with van der Waals surface area (Å²) >= 11 is 1.66. The van der Waals surface area contributed by atoms with Crippen molar-refractivity contribution in [3.63, 3.8) is 0 Å². The van der Waals surface area contributed by atoms with Crippen LogP contribution in [0.2, 0.25) is 0 Å². The number of benzene rings is 1. The van der Waals surface area contributed by atoms with Gasteiger partial charge in [-0.2, -0.15) is 0 Å². The summed E-state index contributed by atoms with van der Waals surface area (Å²) in [4.78, 5) is 13.4. The van der Waals surface area contributed by atoms with Crippen molar-refractivity contribution < 1.29 is 9.90 Å². The van der Waals surface area contributed by atoms with Gasteiger partial charge in [-0.1, -0.05) is 18.6 Å². The minimum absolute atomic E-state index is 0.0177. The van der Waals surface area contributed by atoms with E-state index < -0.39 is 5.41 Å². The highest BCUT2D eigenvalue weighted by Gasteiger charge is 2.43. The Bertz CT molecular complexity index is 374. The Morgan fingerprint density at radius 3 is 2.38 bits per heavy atom. The van der Waals surface area contributed by atoms with Gasteiger partial charge in [0, 0.05) is 10.5 Å². The molecule has 1 fully saturated rings. The average Bonchev–Trinajstić information content (AvgIpc) is 2.28. The SMILES string of the molecule is CSc1ccc(C(=O)C2(CO)CCC2)cc1. The van der Waals surface area contributed by atoms with Gasteiger partial charge < -0.3 is 5.11 Å². The number of carbonyl (C=O) groups excluding carboxylic acids is 1. The molecule has 16 heavy (non-hydrogen) atoms. The van der Waals surface area contributed by atoms with Crippen LogP contribution in [-0.2, 0) is 0 Å². The molecule has 0 radical (unpaired) electrons. The number of rotatable bonds is 4. The molecule has 2 nitrogen and oxygen atoms in total. The maximum Gasteiger partial charge on any atom is 0.171 e. The Labute approximate surface area is 100 Å². The van der Waals surface area contributed by atoms with Crippen LogP contribution in [0.1, 0.15) is 29.6 Å². The first-order valence-electron chi connectivity index (χ1n) is 5.51. The number of carbonyl (C=O) groups is 1. The molecule has 0 aromatic heterocycles. The summed E-state index contributed by atoms with van der Waals surface area (Å²) in [5.41, 5.74) is 0.257. The van der Waals surface area contributed by atoms with Gasteiger partial charge in [0.25, 0.3) is 0 Å². The molecule has 1 aromatic rings. The smallest absolute Gasteiger partial charge is 0.171 e. The van der Waals surface area contributed by atoms with Gasteiger partial charge >= 0.3 is 0 Å². The molecule has 1 saturated carbocycles. The van der Waals surface area contributed by atoms with Crippen molar-refractivity contribution in [2.75, 3.05) is 12.9 Å². The number of ketones is 1. The van der Waals surface area contributed by atoms with Gasteiger partial charge in [0.1, 0.15) is 0 Å². The highest BCUT2D eigenvalue weighted by Crippen LogP contribution is 2.43. The average molecular weight is 236 g/mol. The van der Waals surface area contributed by atoms with Gasteiger partial charge in [-0.05, 0) is 31.2 Å². The monoisotopic (exact) mass is 236 g/mol. The van der Waals surface area contributed by atoms with Crippen molar-refractivity contribution in [2.45, 2.75) is 24.2 Å². The summed E-state index contributed by atoms with van der Waals surface area (Å²) in [7, 11) is 0. The van der Waals surface area contributed by atoms with Crippen LogP contribution >= 0.6 is 11.8 Å². The summed E-state index contributed by atoms with van der Waals surface area (Å²) in [5, 5.41) is 9.34. The number of Topliss-reactive ketones (excluding diaryl/α,β-unsaturated/α-hetero) is 1. The van der Waals surface area contributed by atoms with Crippen LogP contribution in [0, 0.1) is 5.41 Å². The third kappa shape index (κ3) is 1.89. The fourth-order valence-electron chi connectivity index (χ4n) is 2.11. The summed E-state index contributed by atoms with van der Waals surface area (Å²) in [6, 6.07) is 7.65. The summed E-state index contributed by atoms with van der Waals surface area (Å²) < 4.78 is 0. The second-order valence-corrected chi connectivity index (χ2v) is 5.23. The maximum absolute atomic E-state index is 12.2. The molecule has 0 unspecified atom stereocenters. The molecule has 0 aliphatic heterocycles. The molecule has 1 aliphatic rings. The van der Waals surface area contributed by atoms with Gasteiger partial charge in [0.05, 0.1) is 12.0 Å². The summed E-state index contributed by atoms with van der Waals surface area (Å²) in [5.74, 6) is 0.105. The van der Waals surface area contributed by atoms with Crippen molar-refractivity contribution >= 4 is 17.5 Å². The van der Waals surface area contributed by atoms with E-state index in [1.165, 1.54) is 0 Å². The predicted molar refractivity (Wildman–Crippen MR) is 65.9 cm³/mol. The summed E-state index contributed by atoms with van der Waals surface area (Å²) in [6.45, 7) is -0.0177. The molecular weight excluding hydrogens is 220 g/mol. The lowest BCUT2D eigenvalue weighted by molar-refractivity contribution is 0.0348. The molecule has 1 N–H and O–H groups in total. The van der Waals surface area contributed by atoms with Crippen LogP contribution in [0.3, 0.4) is 0 Å². The van der Waals surface area contributed by atoms with E-state index in [1.807, 2.05) is 30.5 Å². The largest absolute Gasteiger partial charge is 0.395 e. The molecule has 0 spiro atoms. The molecule has 86 valence electrons. The Morgan fingerprint density at radius 1 is 1.38 bits per heavy atom. The molecule has 2 rings (SSSR count). The van der Waals surface area contributed by atoms with E-state index >= 15 is 0 Å². The van der Waals surface area contributed by atoms with E-state index in [4.69, 9.17) is 0 Å². The van der Waals surface area contributed by atoms with Crippen LogP contribution < -0.4 is 0 Å². The Morgan fingerprint density at radius 2 is 2.00 bits per heavy atom. The third-order valence-corrected chi connectivity index (χ3v) is 4.19. The van der Waals surface area contributed by atoms with Crippen LogP contribution in [0.15, 0.2) is 29.2 Å². The van der Waals surface area contributed by atoms with E-state index in [2.05, 4.69) is 0 Å². The van der Waals surface area contributed by atoms with Crippen molar-refractivity contribution in [1.29, 1.82) is 0 Å². The van der Waals surface area contributed by atoms with E-state index in [-0.39, 0.29) is 12.4 Å². The molecule has 1 aromatic carbocycles. The zero-order valence-electron chi connectivity index (χ0n) is 9.40. The van der Waals surface area contributed by atoms with Gasteiger partial charge in [-0.3, -0.25) is 4.79 Å². The first-order chi connectivity index (χ1) is 7.72. The first kappa shape index (κ1) is 11.7. The van der Waals surface area contributed by atoms with Gasteiger partial charge in [0.2, 0.25) is 0 Å². The van der Waals surface area contributed by atoms with E-state index in [0.717, 1.165) is 29.7 Å². The molecule has 0 bridgehead atoms. The minimum Gasteiger partial charge on any atom is -0.395 e. The highest BCUT2D eigenvalue weighted by molar-refractivity contribution is 7.98.